The van der Waals surface area contributed by atoms with Crippen LogP contribution in [0.1, 0.15) is 20.7 Å². The van der Waals surface area contributed by atoms with Gasteiger partial charge in [0.05, 0.1) is 41.7 Å². The molecule has 8 nitrogen and oxygen atoms in total. The lowest BCUT2D eigenvalue weighted by atomic mass is 10.2. The fraction of sp³-hybridized carbons (Fsp3) is 0.111. The minimum absolute atomic E-state index is 0.288. The number of esters is 1. The van der Waals surface area contributed by atoms with E-state index in [9.17, 15) is 9.59 Å². The summed E-state index contributed by atoms with van der Waals surface area (Å²) in [6.45, 7) is 0. The van der Waals surface area contributed by atoms with Crippen LogP contribution in [0, 0.1) is 0 Å². The van der Waals surface area contributed by atoms with Crippen molar-refractivity contribution in [2.75, 3.05) is 7.11 Å². The molecule has 26 heavy (non-hydrogen) atoms. The molecule has 0 amide bonds. The summed E-state index contributed by atoms with van der Waals surface area (Å²) in [5, 5.41) is 21.3. The summed E-state index contributed by atoms with van der Waals surface area (Å²) < 4.78 is 6.24. The molecule has 0 fully saturated rings. The maximum atomic E-state index is 11.1. The molecule has 132 valence electrons. The average molecular weight is 352 g/mol. The minimum atomic E-state index is -0.914. The highest BCUT2D eigenvalue weighted by Gasteiger charge is 2.06. The van der Waals surface area contributed by atoms with Gasteiger partial charge in [0.1, 0.15) is 0 Å². The smallest absolute Gasteiger partial charge is 0.337 e. The molecule has 0 saturated heterocycles. The third-order valence-corrected chi connectivity index (χ3v) is 3.86. The molecule has 0 saturated carbocycles. The molecule has 2 aromatic heterocycles. The Balaban J connectivity index is 0.000000151. The molecule has 2 aromatic carbocycles. The fourth-order valence-electron chi connectivity index (χ4n) is 2.46. The molecule has 0 aliphatic rings. The zero-order chi connectivity index (χ0) is 18.7. The van der Waals surface area contributed by atoms with Crippen LogP contribution in [0.3, 0.4) is 0 Å². The first-order valence-electron chi connectivity index (χ1n) is 7.66. The normalized spacial score (nSPS) is 10.4. The minimum Gasteiger partial charge on any atom is -0.478 e. The first-order chi connectivity index (χ1) is 12.5. The van der Waals surface area contributed by atoms with Crippen LogP contribution in [0.25, 0.3) is 21.8 Å². The van der Waals surface area contributed by atoms with Gasteiger partial charge in [-0.05, 0) is 24.3 Å². The second kappa shape index (κ2) is 7.06. The van der Waals surface area contributed by atoms with Crippen molar-refractivity contribution in [1.82, 2.24) is 20.0 Å². The zero-order valence-corrected chi connectivity index (χ0v) is 14.1. The van der Waals surface area contributed by atoms with Crippen molar-refractivity contribution in [2.24, 2.45) is 7.05 Å². The Kier molecular flexibility index (Phi) is 4.66. The lowest BCUT2D eigenvalue weighted by Gasteiger charge is -1.97. The van der Waals surface area contributed by atoms with E-state index in [2.05, 4.69) is 20.0 Å². The molecule has 4 aromatic rings. The standard InChI is InChI=1S/2C9H8N2O2/c1-13-9(12)6-2-3-7-5-10-11-8(7)4-6;1-11-8-4-6(9(12)13)2-3-7(8)5-10-11/h2-5H,1H3,(H,10,11);2-5H,1H3,(H,12,13). The predicted octanol–water partition coefficient (Wildman–Crippen LogP) is 2.62. The van der Waals surface area contributed by atoms with Gasteiger partial charge in [0.2, 0.25) is 0 Å². The highest BCUT2D eigenvalue weighted by molar-refractivity contribution is 5.94. The third kappa shape index (κ3) is 3.39. The number of aromatic nitrogens is 4. The number of aryl methyl sites for hydroxylation is 1. The van der Waals surface area contributed by atoms with Crippen molar-refractivity contribution in [3.05, 3.63) is 59.9 Å². The maximum Gasteiger partial charge on any atom is 0.337 e. The average Bonchev–Trinajstić information content (AvgIpc) is 3.27. The van der Waals surface area contributed by atoms with E-state index in [0.717, 1.165) is 21.8 Å². The quantitative estimate of drug-likeness (QED) is 0.537. The van der Waals surface area contributed by atoms with Gasteiger partial charge in [-0.15, -0.1) is 0 Å². The Morgan fingerprint density at radius 1 is 1.08 bits per heavy atom. The molecular weight excluding hydrogens is 336 g/mol. The van der Waals surface area contributed by atoms with Crippen molar-refractivity contribution >= 4 is 33.7 Å². The predicted molar refractivity (Wildman–Crippen MR) is 95.1 cm³/mol. The number of nitrogens with one attached hydrogen (secondary N) is 1. The number of methoxy groups -OCH3 is 1. The van der Waals surface area contributed by atoms with E-state index in [1.807, 2.05) is 6.07 Å². The first kappa shape index (κ1) is 17.2. The molecule has 2 N–H and O–H groups in total. The maximum absolute atomic E-state index is 11.1. The highest BCUT2D eigenvalue weighted by atomic mass is 16.5. The molecule has 0 unspecified atom stereocenters. The van der Waals surface area contributed by atoms with E-state index >= 15 is 0 Å². The number of hydrogen-bond donors (Lipinski definition) is 2. The van der Waals surface area contributed by atoms with E-state index in [-0.39, 0.29) is 11.5 Å². The molecule has 4 rings (SSSR count). The van der Waals surface area contributed by atoms with Gasteiger partial charge in [-0.2, -0.15) is 10.2 Å². The number of benzene rings is 2. The summed E-state index contributed by atoms with van der Waals surface area (Å²) >= 11 is 0. The van der Waals surface area contributed by atoms with Crippen molar-refractivity contribution in [3.63, 3.8) is 0 Å². The molecule has 0 radical (unpaired) electrons. The molecule has 8 heteroatoms. The van der Waals surface area contributed by atoms with Crippen LogP contribution in [-0.2, 0) is 11.8 Å². The van der Waals surface area contributed by atoms with Gasteiger partial charge in [-0.3, -0.25) is 9.78 Å². The largest absolute Gasteiger partial charge is 0.478 e. The summed E-state index contributed by atoms with van der Waals surface area (Å²) in [5.41, 5.74) is 2.48. The number of carboxylic acid groups (broad SMARTS) is 1. The number of carboxylic acids is 1. The number of ether oxygens (including phenoxy) is 1. The molecule has 0 bridgehead atoms. The van der Waals surface area contributed by atoms with Crippen LogP contribution in [0.4, 0.5) is 0 Å². The van der Waals surface area contributed by atoms with Crippen molar-refractivity contribution in [3.8, 4) is 0 Å². The van der Waals surface area contributed by atoms with Gasteiger partial charge >= 0.3 is 11.9 Å². The van der Waals surface area contributed by atoms with Gasteiger partial charge in [-0.25, -0.2) is 9.59 Å². The molecule has 2 heterocycles. The van der Waals surface area contributed by atoms with Crippen LogP contribution in [0.2, 0.25) is 0 Å². The van der Waals surface area contributed by atoms with Crippen LogP contribution in [0.5, 0.6) is 0 Å². The van der Waals surface area contributed by atoms with Crippen LogP contribution >= 0.6 is 0 Å². The summed E-state index contributed by atoms with van der Waals surface area (Å²) in [6.07, 6.45) is 3.41. The number of carbonyl (C=O) groups is 2. The van der Waals surface area contributed by atoms with Crippen LogP contribution < -0.4 is 0 Å². The van der Waals surface area contributed by atoms with Gasteiger partial charge in [0.25, 0.3) is 0 Å². The molecular formula is C18H16N4O4. The number of carbonyl (C=O) groups excluding carboxylic acids is 1. The molecule has 0 aliphatic carbocycles. The summed E-state index contributed by atoms with van der Waals surface area (Å²) in [6, 6.07) is 10.2. The number of rotatable bonds is 2. The second-order valence-corrected chi connectivity index (χ2v) is 5.51. The fourth-order valence-corrected chi connectivity index (χ4v) is 2.46. The van der Waals surface area contributed by atoms with Gasteiger partial charge < -0.3 is 9.84 Å². The van der Waals surface area contributed by atoms with E-state index in [1.165, 1.54) is 7.11 Å². The van der Waals surface area contributed by atoms with Crippen LogP contribution in [0.15, 0.2) is 48.8 Å². The van der Waals surface area contributed by atoms with Gasteiger partial charge in [-0.1, -0.05) is 12.1 Å². The Bertz CT molecular complexity index is 1100. The number of aromatic carboxylic acids is 1. The number of nitrogens with zero attached hydrogens (tertiary/aromatic N) is 3. The monoisotopic (exact) mass is 352 g/mol. The van der Waals surface area contributed by atoms with Gasteiger partial charge in [0.15, 0.2) is 0 Å². The third-order valence-electron chi connectivity index (χ3n) is 3.86. The Morgan fingerprint density at radius 2 is 1.81 bits per heavy atom. The van der Waals surface area contributed by atoms with Crippen LogP contribution in [-0.4, -0.2) is 44.1 Å². The topological polar surface area (TPSA) is 110 Å². The van der Waals surface area contributed by atoms with E-state index in [4.69, 9.17) is 5.11 Å². The summed E-state index contributed by atoms with van der Waals surface area (Å²) in [4.78, 5) is 21.8. The number of fused-ring (bicyclic) bond motifs is 2. The second-order valence-electron chi connectivity index (χ2n) is 5.51. The molecule has 0 spiro atoms. The zero-order valence-electron chi connectivity index (χ0n) is 14.1. The number of hydrogen-bond acceptors (Lipinski definition) is 5. The SMILES string of the molecule is COC(=O)c1ccc2cn[nH]c2c1.Cn1ncc2ccc(C(=O)O)cc21. The molecule has 0 aliphatic heterocycles. The molecule has 0 atom stereocenters. The Morgan fingerprint density at radius 3 is 2.54 bits per heavy atom. The lowest BCUT2D eigenvalue weighted by Crippen LogP contribution is -2.00. The summed E-state index contributed by atoms with van der Waals surface area (Å²) in [7, 11) is 3.15. The number of aromatic amines is 1. The Labute approximate surface area is 148 Å². The summed E-state index contributed by atoms with van der Waals surface area (Å²) in [5.74, 6) is -1.25. The van der Waals surface area contributed by atoms with E-state index in [0.29, 0.717) is 5.56 Å². The van der Waals surface area contributed by atoms with Crippen molar-refractivity contribution in [1.29, 1.82) is 0 Å². The van der Waals surface area contributed by atoms with Crippen molar-refractivity contribution in [2.45, 2.75) is 0 Å². The highest BCUT2D eigenvalue weighted by Crippen LogP contribution is 2.15. The Hall–Kier alpha value is -3.68. The van der Waals surface area contributed by atoms with Crippen molar-refractivity contribution < 1.29 is 19.4 Å². The lowest BCUT2D eigenvalue weighted by molar-refractivity contribution is 0.0600. The first-order valence-corrected chi connectivity index (χ1v) is 7.66. The van der Waals surface area contributed by atoms with E-state index in [1.54, 1.807) is 54.5 Å². The van der Waals surface area contributed by atoms with E-state index < -0.39 is 5.97 Å². The van der Waals surface area contributed by atoms with Gasteiger partial charge in [0, 0.05) is 17.8 Å². The number of H-pyrrole nitrogens is 1.